The smallest absolute Gasteiger partial charge is 0.164 e. The number of nitrogens with zero attached hydrogens (tertiary/aromatic N) is 4. The number of hydrogen-bond donors (Lipinski definition) is 0. The maximum absolute atomic E-state index is 5.06. The second kappa shape index (κ2) is 10.5. The third kappa shape index (κ3) is 4.55. The van der Waals surface area contributed by atoms with Crippen molar-refractivity contribution in [1.29, 1.82) is 0 Å². The molecular weight excluding hydrogens is 524 g/mol. The van der Waals surface area contributed by atoms with Gasteiger partial charge in [-0.15, -0.1) is 0 Å². The molecule has 43 heavy (non-hydrogen) atoms. The zero-order valence-corrected chi connectivity index (χ0v) is 23.3. The van der Waals surface area contributed by atoms with Crippen LogP contribution in [0.2, 0.25) is 0 Å². The summed E-state index contributed by atoms with van der Waals surface area (Å²) >= 11 is 0. The fraction of sp³-hybridized carbons (Fsp3) is 0. The molecule has 8 rings (SSSR count). The van der Waals surface area contributed by atoms with Gasteiger partial charge in [0.1, 0.15) is 0 Å². The molecule has 4 heteroatoms. The number of rotatable bonds is 5. The van der Waals surface area contributed by atoms with E-state index in [1.165, 1.54) is 10.9 Å². The Bertz CT molecular complexity index is 2220. The monoisotopic (exact) mass is 550 g/mol. The maximum atomic E-state index is 5.06. The van der Waals surface area contributed by atoms with Gasteiger partial charge in [0, 0.05) is 33.2 Å². The summed E-state index contributed by atoms with van der Waals surface area (Å²) < 4.78 is 2.32. The molecule has 0 aliphatic rings. The second-order valence-electron chi connectivity index (χ2n) is 10.5. The molecule has 0 bridgehead atoms. The molecule has 0 aliphatic heterocycles. The van der Waals surface area contributed by atoms with E-state index in [2.05, 4.69) is 120 Å². The summed E-state index contributed by atoms with van der Waals surface area (Å²) in [6, 6.07) is 54.5. The van der Waals surface area contributed by atoms with E-state index < -0.39 is 0 Å². The third-order valence-corrected chi connectivity index (χ3v) is 7.84. The Morgan fingerprint density at radius 2 is 0.837 bits per heavy atom. The Morgan fingerprint density at radius 3 is 1.56 bits per heavy atom. The van der Waals surface area contributed by atoms with Crippen LogP contribution in [0.1, 0.15) is 0 Å². The molecule has 0 atom stereocenters. The van der Waals surface area contributed by atoms with Crippen LogP contribution in [-0.4, -0.2) is 19.5 Å². The molecule has 0 fully saturated rings. The van der Waals surface area contributed by atoms with Gasteiger partial charge in [-0.05, 0) is 53.6 Å². The Balaban J connectivity index is 1.32. The number of benzene rings is 6. The van der Waals surface area contributed by atoms with Gasteiger partial charge in [-0.25, -0.2) is 15.0 Å². The standard InChI is InChI=1S/C39H26N4/c1-4-13-27(14-5-1)29-17-12-18-30(25-29)38-40-37(28-15-6-2-7-16-28)41-39(42-38)31-23-24-36-34(26-31)33-21-10-11-22-35(33)43(36)32-19-8-3-9-20-32/h1-26H. The highest BCUT2D eigenvalue weighted by atomic mass is 15.0. The predicted octanol–water partition coefficient (Wildman–Crippen LogP) is 9.64. The Hall–Kier alpha value is -5.87. The van der Waals surface area contributed by atoms with Crippen LogP contribution in [0.4, 0.5) is 0 Å². The van der Waals surface area contributed by atoms with Crippen molar-refractivity contribution in [1.82, 2.24) is 19.5 Å². The fourth-order valence-corrected chi connectivity index (χ4v) is 5.79. The summed E-state index contributed by atoms with van der Waals surface area (Å²) in [6.45, 7) is 0. The quantitative estimate of drug-likeness (QED) is 0.214. The zero-order valence-electron chi connectivity index (χ0n) is 23.3. The molecule has 0 saturated carbocycles. The van der Waals surface area contributed by atoms with Crippen LogP contribution in [0.25, 0.3) is 72.8 Å². The lowest BCUT2D eigenvalue weighted by Gasteiger charge is -2.10. The molecule has 2 aromatic heterocycles. The summed E-state index contributed by atoms with van der Waals surface area (Å²) in [4.78, 5) is 15.0. The van der Waals surface area contributed by atoms with Crippen molar-refractivity contribution in [2.24, 2.45) is 0 Å². The first kappa shape index (κ1) is 24.9. The van der Waals surface area contributed by atoms with Crippen LogP contribution in [0.3, 0.4) is 0 Å². The molecule has 0 N–H and O–H groups in total. The average Bonchev–Trinajstić information content (AvgIpc) is 3.43. The minimum Gasteiger partial charge on any atom is -0.309 e. The zero-order chi connectivity index (χ0) is 28.6. The lowest BCUT2D eigenvalue weighted by atomic mass is 10.0. The van der Waals surface area contributed by atoms with E-state index in [0.29, 0.717) is 17.5 Å². The van der Waals surface area contributed by atoms with Crippen LogP contribution >= 0.6 is 0 Å². The van der Waals surface area contributed by atoms with Crippen molar-refractivity contribution in [2.75, 3.05) is 0 Å². The largest absolute Gasteiger partial charge is 0.309 e. The van der Waals surface area contributed by atoms with E-state index in [0.717, 1.165) is 44.4 Å². The van der Waals surface area contributed by atoms with Crippen molar-refractivity contribution in [3.8, 4) is 51.0 Å². The maximum Gasteiger partial charge on any atom is 0.164 e. The van der Waals surface area contributed by atoms with Crippen molar-refractivity contribution in [3.63, 3.8) is 0 Å². The normalized spacial score (nSPS) is 11.3. The molecular formula is C39H26N4. The SMILES string of the molecule is c1ccc(-c2cccc(-c3nc(-c4ccccc4)nc(-c4ccc5c(c4)c4ccccc4n5-c4ccccc4)n3)c2)cc1. The summed E-state index contributed by atoms with van der Waals surface area (Å²) in [6.07, 6.45) is 0. The minimum atomic E-state index is 0.646. The van der Waals surface area contributed by atoms with Gasteiger partial charge in [0.15, 0.2) is 17.5 Å². The van der Waals surface area contributed by atoms with Crippen LogP contribution in [-0.2, 0) is 0 Å². The van der Waals surface area contributed by atoms with Crippen LogP contribution in [0.15, 0.2) is 158 Å². The lowest BCUT2D eigenvalue weighted by molar-refractivity contribution is 1.07. The molecule has 0 saturated heterocycles. The number of aromatic nitrogens is 4. The van der Waals surface area contributed by atoms with Crippen LogP contribution < -0.4 is 0 Å². The van der Waals surface area contributed by atoms with E-state index in [-0.39, 0.29) is 0 Å². The first-order chi connectivity index (χ1) is 21.3. The third-order valence-electron chi connectivity index (χ3n) is 7.84. The molecule has 0 radical (unpaired) electrons. The molecule has 4 nitrogen and oxygen atoms in total. The first-order valence-electron chi connectivity index (χ1n) is 14.4. The second-order valence-corrected chi connectivity index (χ2v) is 10.5. The molecule has 0 aliphatic carbocycles. The van der Waals surface area contributed by atoms with Gasteiger partial charge in [-0.1, -0.05) is 115 Å². The van der Waals surface area contributed by atoms with E-state index in [4.69, 9.17) is 15.0 Å². The summed E-state index contributed by atoms with van der Waals surface area (Å²) in [5, 5.41) is 2.35. The van der Waals surface area contributed by atoms with Gasteiger partial charge in [0.05, 0.1) is 11.0 Å². The molecule has 6 aromatic carbocycles. The Morgan fingerprint density at radius 1 is 0.326 bits per heavy atom. The number of fused-ring (bicyclic) bond motifs is 3. The molecule has 8 aromatic rings. The lowest BCUT2D eigenvalue weighted by Crippen LogP contribution is -2.00. The molecule has 0 amide bonds. The molecule has 2 heterocycles. The topological polar surface area (TPSA) is 43.6 Å². The first-order valence-corrected chi connectivity index (χ1v) is 14.4. The molecule has 0 spiro atoms. The Kier molecular flexibility index (Phi) is 6.08. The highest BCUT2D eigenvalue weighted by Gasteiger charge is 2.16. The van der Waals surface area contributed by atoms with Gasteiger partial charge < -0.3 is 4.57 Å². The highest BCUT2D eigenvalue weighted by Crippen LogP contribution is 2.35. The predicted molar refractivity (Wildman–Crippen MR) is 176 cm³/mol. The van der Waals surface area contributed by atoms with Crippen molar-refractivity contribution in [2.45, 2.75) is 0 Å². The molecule has 202 valence electrons. The summed E-state index contributed by atoms with van der Waals surface area (Å²) in [5.41, 5.74) is 8.57. The minimum absolute atomic E-state index is 0.646. The van der Waals surface area contributed by atoms with E-state index in [1.807, 2.05) is 42.5 Å². The van der Waals surface area contributed by atoms with Gasteiger partial charge in [-0.3, -0.25) is 0 Å². The van der Waals surface area contributed by atoms with Gasteiger partial charge in [-0.2, -0.15) is 0 Å². The van der Waals surface area contributed by atoms with E-state index in [1.54, 1.807) is 0 Å². The van der Waals surface area contributed by atoms with Gasteiger partial charge in [0.2, 0.25) is 0 Å². The number of para-hydroxylation sites is 2. The van der Waals surface area contributed by atoms with E-state index >= 15 is 0 Å². The molecule has 0 unspecified atom stereocenters. The average molecular weight is 551 g/mol. The highest BCUT2D eigenvalue weighted by molar-refractivity contribution is 6.10. The van der Waals surface area contributed by atoms with Crippen LogP contribution in [0, 0.1) is 0 Å². The van der Waals surface area contributed by atoms with Gasteiger partial charge >= 0.3 is 0 Å². The van der Waals surface area contributed by atoms with Crippen LogP contribution in [0.5, 0.6) is 0 Å². The Labute approximate surface area is 249 Å². The van der Waals surface area contributed by atoms with Crippen molar-refractivity contribution in [3.05, 3.63) is 158 Å². The summed E-state index contributed by atoms with van der Waals surface area (Å²) in [7, 11) is 0. The van der Waals surface area contributed by atoms with E-state index in [9.17, 15) is 0 Å². The van der Waals surface area contributed by atoms with Gasteiger partial charge in [0.25, 0.3) is 0 Å². The van der Waals surface area contributed by atoms with Crippen molar-refractivity contribution < 1.29 is 0 Å². The summed E-state index contributed by atoms with van der Waals surface area (Å²) in [5.74, 6) is 1.94. The van der Waals surface area contributed by atoms with Crippen molar-refractivity contribution >= 4 is 21.8 Å². The fourth-order valence-electron chi connectivity index (χ4n) is 5.79. The number of hydrogen-bond acceptors (Lipinski definition) is 3.